The van der Waals surface area contributed by atoms with Crippen LogP contribution in [0, 0.1) is 0 Å². The molecule has 6 heteroatoms. The first-order chi connectivity index (χ1) is 11.8. The summed E-state index contributed by atoms with van der Waals surface area (Å²) in [6.07, 6.45) is 10.9. The van der Waals surface area contributed by atoms with Gasteiger partial charge in [-0.2, -0.15) is 0 Å². The summed E-state index contributed by atoms with van der Waals surface area (Å²) in [5.41, 5.74) is 8.18. The molecule has 142 valence electrons. The van der Waals surface area contributed by atoms with Gasteiger partial charge in [0, 0.05) is 0 Å². The van der Waals surface area contributed by atoms with Crippen molar-refractivity contribution in [3.63, 3.8) is 0 Å². The van der Waals surface area contributed by atoms with E-state index in [-0.39, 0.29) is 0 Å². The molecule has 0 spiro atoms. The van der Waals surface area contributed by atoms with Gasteiger partial charge in [-0.25, -0.2) is 8.42 Å². The van der Waals surface area contributed by atoms with Gasteiger partial charge in [-0.15, -0.1) is 0 Å². The van der Waals surface area contributed by atoms with Crippen LogP contribution < -0.4 is 10.5 Å². The lowest BCUT2D eigenvalue weighted by molar-refractivity contribution is -0.120. The monoisotopic (exact) mass is 368 g/mol. The number of hydrogen-bond acceptors (Lipinski definition) is 4. The number of benzene rings is 1. The quantitative estimate of drug-likeness (QED) is 0.555. The van der Waals surface area contributed by atoms with E-state index in [1.54, 1.807) is 0 Å². The molecule has 25 heavy (non-hydrogen) atoms. The molecule has 5 nitrogen and oxygen atoms in total. The Hall–Kier alpha value is -1.40. The molecule has 1 aromatic rings. The minimum absolute atomic E-state index is 0.415. The topological polar surface area (TPSA) is 89.3 Å². The predicted octanol–water partition coefficient (Wildman–Crippen LogP) is 2.93. The number of sulfonamides is 1. The molecule has 0 saturated heterocycles. The number of carbonyl (C=O) groups excluding carboxylic acids is 1. The second-order valence-corrected chi connectivity index (χ2v) is 8.47. The van der Waals surface area contributed by atoms with Crippen LogP contribution >= 0.6 is 0 Å². The summed E-state index contributed by atoms with van der Waals surface area (Å²) in [5, 5.41) is 0. The number of rotatable bonds is 12. The van der Waals surface area contributed by atoms with Crippen molar-refractivity contribution >= 4 is 15.9 Å². The third-order valence-corrected chi connectivity index (χ3v) is 4.78. The number of nitrogens with one attached hydrogen (secondary N) is 1. The maximum absolute atomic E-state index is 11.6. The number of aryl methyl sites for hydroxylation is 2. The summed E-state index contributed by atoms with van der Waals surface area (Å²) < 4.78 is 24.0. The second-order valence-electron chi connectivity index (χ2n) is 6.72. The average Bonchev–Trinajstić information content (AvgIpc) is 2.55. The number of hydrogen-bond donors (Lipinski definition) is 2. The molecule has 0 fully saturated rings. The van der Waals surface area contributed by atoms with Crippen molar-refractivity contribution in [2.24, 2.45) is 5.73 Å². The van der Waals surface area contributed by atoms with E-state index in [1.807, 2.05) is 4.72 Å². The highest BCUT2D eigenvalue weighted by Crippen LogP contribution is 2.12. The van der Waals surface area contributed by atoms with Gasteiger partial charge in [-0.05, 0) is 36.8 Å². The van der Waals surface area contributed by atoms with Crippen molar-refractivity contribution < 1.29 is 13.2 Å². The molecule has 0 aliphatic carbocycles. The molecular weight excluding hydrogens is 336 g/mol. The molecule has 3 N–H and O–H groups in total. The fourth-order valence-corrected chi connectivity index (χ4v) is 3.21. The van der Waals surface area contributed by atoms with Gasteiger partial charge in [-0.1, -0.05) is 63.3 Å². The van der Waals surface area contributed by atoms with E-state index in [4.69, 9.17) is 5.73 Å². The standard InChI is InChI=1S/C19H32N2O3S/c1-3-4-5-6-7-8-9-16-10-12-17(13-11-16)14-15-18(20)19(22)21-25(2,23)24/h10-13,18H,3-9,14-15,20H2,1-2H3,(H,21,22). The highest BCUT2D eigenvalue weighted by atomic mass is 32.2. The molecule has 1 amide bonds. The highest BCUT2D eigenvalue weighted by Gasteiger charge is 2.16. The van der Waals surface area contributed by atoms with Crippen molar-refractivity contribution in [3.8, 4) is 0 Å². The average molecular weight is 369 g/mol. The fourth-order valence-electron chi connectivity index (χ4n) is 2.69. The zero-order valence-corrected chi connectivity index (χ0v) is 16.3. The zero-order valence-electron chi connectivity index (χ0n) is 15.5. The van der Waals surface area contributed by atoms with Crippen LogP contribution in [0.5, 0.6) is 0 Å². The van der Waals surface area contributed by atoms with Gasteiger partial charge in [0.2, 0.25) is 15.9 Å². The fraction of sp³-hybridized carbons (Fsp3) is 0.632. The van der Waals surface area contributed by atoms with Gasteiger partial charge in [0.25, 0.3) is 0 Å². The molecular formula is C19H32N2O3S. The molecule has 0 aromatic heterocycles. The molecule has 0 aliphatic heterocycles. The summed E-state index contributed by atoms with van der Waals surface area (Å²) >= 11 is 0. The van der Waals surface area contributed by atoms with Gasteiger partial charge < -0.3 is 5.73 Å². The van der Waals surface area contributed by atoms with Crippen LogP contribution in [0.2, 0.25) is 0 Å². The first-order valence-electron chi connectivity index (χ1n) is 9.17. The molecule has 0 bridgehead atoms. The Balaban J connectivity index is 2.31. The Bertz CT molecular complexity index is 612. The van der Waals surface area contributed by atoms with Crippen molar-refractivity contribution in [2.75, 3.05) is 6.26 Å². The lowest BCUT2D eigenvalue weighted by Crippen LogP contribution is -2.43. The third kappa shape index (κ3) is 10.2. The van der Waals surface area contributed by atoms with E-state index in [2.05, 4.69) is 31.2 Å². The van der Waals surface area contributed by atoms with E-state index in [9.17, 15) is 13.2 Å². The Labute approximate surface area is 152 Å². The second kappa shape index (κ2) is 11.3. The molecule has 1 rings (SSSR count). The normalized spacial score (nSPS) is 12.8. The van der Waals surface area contributed by atoms with Gasteiger partial charge in [0.15, 0.2) is 0 Å². The maximum Gasteiger partial charge on any atom is 0.250 e. The lowest BCUT2D eigenvalue weighted by atomic mass is 10.0. The zero-order chi connectivity index (χ0) is 18.7. The van der Waals surface area contributed by atoms with E-state index < -0.39 is 22.0 Å². The van der Waals surface area contributed by atoms with E-state index in [0.29, 0.717) is 12.8 Å². The van der Waals surface area contributed by atoms with Gasteiger partial charge >= 0.3 is 0 Å². The molecule has 0 saturated carbocycles. The van der Waals surface area contributed by atoms with Crippen LogP contribution in [-0.4, -0.2) is 26.6 Å². The first kappa shape index (κ1) is 21.6. The van der Waals surface area contributed by atoms with Gasteiger partial charge in [0.05, 0.1) is 12.3 Å². The minimum atomic E-state index is -3.55. The molecule has 0 radical (unpaired) electrons. The van der Waals surface area contributed by atoms with Crippen molar-refractivity contribution in [3.05, 3.63) is 35.4 Å². The van der Waals surface area contributed by atoms with Crippen LogP contribution in [-0.2, 0) is 27.7 Å². The molecule has 1 aromatic carbocycles. The van der Waals surface area contributed by atoms with Crippen molar-refractivity contribution in [2.45, 2.75) is 70.8 Å². The van der Waals surface area contributed by atoms with E-state index in [0.717, 1.165) is 18.2 Å². The third-order valence-electron chi connectivity index (χ3n) is 4.21. The summed E-state index contributed by atoms with van der Waals surface area (Å²) in [5.74, 6) is -0.651. The summed E-state index contributed by atoms with van der Waals surface area (Å²) in [4.78, 5) is 11.6. The van der Waals surface area contributed by atoms with Gasteiger partial charge in [-0.3, -0.25) is 9.52 Å². The largest absolute Gasteiger partial charge is 0.320 e. The lowest BCUT2D eigenvalue weighted by Gasteiger charge is -2.11. The Morgan fingerprint density at radius 1 is 1.00 bits per heavy atom. The Morgan fingerprint density at radius 2 is 1.52 bits per heavy atom. The number of unbranched alkanes of at least 4 members (excludes halogenated alkanes) is 5. The first-order valence-corrected chi connectivity index (χ1v) is 11.1. The van der Waals surface area contributed by atoms with E-state index >= 15 is 0 Å². The number of nitrogens with two attached hydrogens (primary N) is 1. The molecule has 1 atom stereocenters. The van der Waals surface area contributed by atoms with Gasteiger partial charge in [0.1, 0.15) is 0 Å². The Morgan fingerprint density at radius 3 is 2.08 bits per heavy atom. The van der Waals surface area contributed by atoms with Crippen molar-refractivity contribution in [1.29, 1.82) is 0 Å². The highest BCUT2D eigenvalue weighted by molar-refractivity contribution is 7.89. The van der Waals surface area contributed by atoms with E-state index in [1.165, 1.54) is 44.1 Å². The maximum atomic E-state index is 11.6. The van der Waals surface area contributed by atoms with Crippen LogP contribution in [0.25, 0.3) is 0 Å². The molecule has 0 aliphatic rings. The molecule has 0 heterocycles. The number of carbonyl (C=O) groups is 1. The Kier molecular flexibility index (Phi) is 9.75. The van der Waals surface area contributed by atoms with Crippen molar-refractivity contribution in [1.82, 2.24) is 4.72 Å². The minimum Gasteiger partial charge on any atom is -0.320 e. The summed E-state index contributed by atoms with van der Waals surface area (Å²) in [6, 6.07) is 7.56. The smallest absolute Gasteiger partial charge is 0.250 e. The number of amides is 1. The SMILES string of the molecule is CCCCCCCCc1ccc(CCC(N)C(=O)NS(C)(=O)=O)cc1. The predicted molar refractivity (Wildman–Crippen MR) is 103 cm³/mol. The van der Waals surface area contributed by atoms with Crippen LogP contribution in [0.15, 0.2) is 24.3 Å². The van der Waals surface area contributed by atoms with Crippen LogP contribution in [0.3, 0.4) is 0 Å². The van der Waals surface area contributed by atoms with Crippen LogP contribution in [0.1, 0.15) is 63.0 Å². The summed E-state index contributed by atoms with van der Waals surface area (Å²) in [7, 11) is -3.55. The van der Waals surface area contributed by atoms with Crippen LogP contribution in [0.4, 0.5) is 0 Å². The molecule has 1 unspecified atom stereocenters. The summed E-state index contributed by atoms with van der Waals surface area (Å²) in [6.45, 7) is 2.23.